The molecule has 1 aliphatic heterocycles. The van der Waals surface area contributed by atoms with E-state index in [0.29, 0.717) is 23.6 Å². The molecule has 0 bridgehead atoms. The van der Waals surface area contributed by atoms with Gasteiger partial charge in [-0.05, 0) is 31.0 Å². The van der Waals surface area contributed by atoms with Gasteiger partial charge in [0.25, 0.3) is 0 Å². The van der Waals surface area contributed by atoms with Gasteiger partial charge in [0, 0.05) is 31.3 Å². The number of rotatable bonds is 5. The number of anilines is 1. The molecule has 0 amide bonds. The van der Waals surface area contributed by atoms with Crippen LogP contribution in [0.2, 0.25) is 0 Å². The van der Waals surface area contributed by atoms with E-state index in [2.05, 4.69) is 19.9 Å². The summed E-state index contributed by atoms with van der Waals surface area (Å²) in [5.74, 6) is 2.08. The van der Waals surface area contributed by atoms with Crippen LogP contribution in [0.1, 0.15) is 23.2 Å². The van der Waals surface area contributed by atoms with E-state index in [0.717, 1.165) is 36.2 Å². The number of aromatic amines is 1. The SMILES string of the molecule is COc1ccc(C(=O)C2CCCN(c3ncnc4[nH]ccc34)C2)c(OC)c1. The molecule has 1 atom stereocenters. The van der Waals surface area contributed by atoms with E-state index in [9.17, 15) is 4.79 Å². The van der Waals surface area contributed by atoms with E-state index in [1.54, 1.807) is 38.7 Å². The minimum Gasteiger partial charge on any atom is -0.497 e. The quantitative estimate of drug-likeness (QED) is 0.699. The lowest BCUT2D eigenvalue weighted by Crippen LogP contribution is -2.39. The molecule has 3 aromatic rings. The van der Waals surface area contributed by atoms with Crippen LogP contribution in [0.3, 0.4) is 0 Å². The highest BCUT2D eigenvalue weighted by molar-refractivity contribution is 6.01. The summed E-state index contributed by atoms with van der Waals surface area (Å²) < 4.78 is 10.6. The van der Waals surface area contributed by atoms with Crippen molar-refractivity contribution in [1.29, 1.82) is 0 Å². The van der Waals surface area contributed by atoms with Gasteiger partial charge >= 0.3 is 0 Å². The first-order valence-electron chi connectivity index (χ1n) is 9.00. The van der Waals surface area contributed by atoms with Crippen molar-refractivity contribution in [3.05, 3.63) is 42.4 Å². The van der Waals surface area contributed by atoms with Gasteiger partial charge in [0.2, 0.25) is 0 Å². The van der Waals surface area contributed by atoms with Crippen molar-refractivity contribution in [2.45, 2.75) is 12.8 Å². The van der Waals surface area contributed by atoms with Crippen LogP contribution in [-0.4, -0.2) is 48.0 Å². The number of ketones is 1. The number of benzene rings is 1. The smallest absolute Gasteiger partial charge is 0.171 e. The van der Waals surface area contributed by atoms with Crippen LogP contribution in [0, 0.1) is 5.92 Å². The number of nitrogens with zero attached hydrogens (tertiary/aromatic N) is 3. The second-order valence-corrected chi connectivity index (χ2v) is 6.65. The number of carbonyl (C=O) groups is 1. The normalized spacial score (nSPS) is 17.1. The van der Waals surface area contributed by atoms with Gasteiger partial charge in [-0.1, -0.05) is 0 Å². The Labute approximate surface area is 157 Å². The third-order valence-corrected chi connectivity index (χ3v) is 5.10. The van der Waals surface area contributed by atoms with Gasteiger partial charge in [-0.25, -0.2) is 9.97 Å². The molecule has 7 nitrogen and oxygen atoms in total. The third-order valence-electron chi connectivity index (χ3n) is 5.10. The van der Waals surface area contributed by atoms with E-state index in [1.807, 2.05) is 12.3 Å². The molecule has 1 fully saturated rings. The molecular formula is C20H22N4O3. The summed E-state index contributed by atoms with van der Waals surface area (Å²) in [7, 11) is 3.17. The van der Waals surface area contributed by atoms with Crippen LogP contribution in [0.25, 0.3) is 11.0 Å². The fourth-order valence-corrected chi connectivity index (χ4v) is 3.72. The molecule has 140 valence electrons. The van der Waals surface area contributed by atoms with Crippen LogP contribution >= 0.6 is 0 Å². The second kappa shape index (κ2) is 7.26. The highest BCUT2D eigenvalue weighted by atomic mass is 16.5. The Morgan fingerprint density at radius 2 is 2.11 bits per heavy atom. The van der Waals surface area contributed by atoms with Crippen molar-refractivity contribution in [3.63, 3.8) is 0 Å². The summed E-state index contributed by atoms with van der Waals surface area (Å²) >= 11 is 0. The average Bonchev–Trinajstić information content (AvgIpc) is 3.21. The molecule has 0 spiro atoms. The number of hydrogen-bond acceptors (Lipinski definition) is 6. The Bertz CT molecular complexity index is 969. The summed E-state index contributed by atoms with van der Waals surface area (Å²) in [6, 6.07) is 7.31. The molecule has 1 N–H and O–H groups in total. The van der Waals surface area contributed by atoms with Crippen LogP contribution in [0.4, 0.5) is 5.82 Å². The summed E-state index contributed by atoms with van der Waals surface area (Å²) in [6.07, 6.45) is 5.21. The molecule has 1 aromatic carbocycles. The highest BCUT2D eigenvalue weighted by Crippen LogP contribution is 2.32. The Balaban J connectivity index is 1.60. The number of fused-ring (bicyclic) bond motifs is 1. The maximum Gasteiger partial charge on any atom is 0.171 e. The van der Waals surface area contributed by atoms with Gasteiger partial charge in [0.15, 0.2) is 5.78 Å². The van der Waals surface area contributed by atoms with Crippen LogP contribution in [-0.2, 0) is 0 Å². The topological polar surface area (TPSA) is 80.3 Å². The van der Waals surface area contributed by atoms with Crippen LogP contribution in [0.15, 0.2) is 36.8 Å². The summed E-state index contributed by atoms with van der Waals surface area (Å²) in [5, 5.41) is 0.979. The standard InChI is InChI=1S/C20H22N4O3/c1-26-14-5-6-15(17(10-14)27-2)18(25)13-4-3-9-24(11-13)20-16-7-8-21-19(16)22-12-23-20/h5-8,10,12-13H,3-4,9,11H2,1-2H3,(H,21,22,23). The van der Waals surface area contributed by atoms with Crippen molar-refractivity contribution in [1.82, 2.24) is 15.0 Å². The molecule has 2 aromatic heterocycles. The molecule has 4 rings (SSSR count). The molecule has 7 heteroatoms. The predicted octanol–water partition coefficient (Wildman–Crippen LogP) is 3.07. The number of ether oxygens (including phenoxy) is 2. The fraction of sp³-hybridized carbons (Fsp3) is 0.350. The summed E-state index contributed by atoms with van der Waals surface area (Å²) in [6.45, 7) is 1.51. The van der Waals surface area contributed by atoms with Gasteiger partial charge in [0.1, 0.15) is 29.3 Å². The van der Waals surface area contributed by atoms with Crippen LogP contribution in [0.5, 0.6) is 11.5 Å². The molecule has 1 saturated heterocycles. The zero-order valence-corrected chi connectivity index (χ0v) is 15.4. The minimum absolute atomic E-state index is 0.0959. The van der Waals surface area contributed by atoms with Gasteiger partial charge in [-0.2, -0.15) is 0 Å². The largest absolute Gasteiger partial charge is 0.497 e. The first kappa shape index (κ1) is 17.3. The average molecular weight is 366 g/mol. The Morgan fingerprint density at radius 3 is 2.93 bits per heavy atom. The van der Waals surface area contributed by atoms with Crippen molar-refractivity contribution >= 4 is 22.6 Å². The van der Waals surface area contributed by atoms with Gasteiger partial charge in [-0.15, -0.1) is 0 Å². The van der Waals surface area contributed by atoms with Crippen molar-refractivity contribution < 1.29 is 14.3 Å². The molecular weight excluding hydrogens is 344 g/mol. The molecule has 0 radical (unpaired) electrons. The Kier molecular flexibility index (Phi) is 4.66. The second-order valence-electron chi connectivity index (χ2n) is 6.65. The van der Waals surface area contributed by atoms with E-state index >= 15 is 0 Å². The molecule has 3 heterocycles. The van der Waals surface area contributed by atoms with Crippen LogP contribution < -0.4 is 14.4 Å². The first-order chi connectivity index (χ1) is 13.2. The van der Waals surface area contributed by atoms with Gasteiger partial charge in [0.05, 0.1) is 25.2 Å². The monoisotopic (exact) mass is 366 g/mol. The van der Waals surface area contributed by atoms with Crippen molar-refractivity contribution in [2.24, 2.45) is 5.92 Å². The van der Waals surface area contributed by atoms with Gasteiger partial charge in [-0.3, -0.25) is 4.79 Å². The predicted molar refractivity (Wildman–Crippen MR) is 103 cm³/mol. The zero-order chi connectivity index (χ0) is 18.8. The lowest BCUT2D eigenvalue weighted by Gasteiger charge is -2.33. The number of nitrogens with one attached hydrogen (secondary N) is 1. The number of aromatic nitrogens is 3. The molecule has 1 aliphatic rings. The molecule has 27 heavy (non-hydrogen) atoms. The fourth-order valence-electron chi connectivity index (χ4n) is 3.72. The lowest BCUT2D eigenvalue weighted by atomic mass is 9.89. The summed E-state index contributed by atoms with van der Waals surface area (Å²) in [5.41, 5.74) is 1.41. The molecule has 0 saturated carbocycles. The zero-order valence-electron chi connectivity index (χ0n) is 15.4. The number of Topliss-reactive ketones (excluding diaryl/α,β-unsaturated/α-hetero) is 1. The minimum atomic E-state index is -0.106. The number of hydrogen-bond donors (Lipinski definition) is 1. The number of carbonyl (C=O) groups excluding carboxylic acids is 1. The van der Waals surface area contributed by atoms with E-state index in [-0.39, 0.29) is 11.7 Å². The maximum absolute atomic E-state index is 13.2. The van der Waals surface area contributed by atoms with Crippen molar-refractivity contribution in [3.8, 4) is 11.5 Å². The number of piperidine rings is 1. The van der Waals surface area contributed by atoms with Crippen molar-refractivity contribution in [2.75, 3.05) is 32.2 Å². The third kappa shape index (κ3) is 3.20. The van der Waals surface area contributed by atoms with E-state index in [4.69, 9.17) is 9.47 Å². The Morgan fingerprint density at radius 1 is 1.22 bits per heavy atom. The van der Waals surface area contributed by atoms with E-state index in [1.165, 1.54) is 0 Å². The first-order valence-corrected chi connectivity index (χ1v) is 9.00. The van der Waals surface area contributed by atoms with Gasteiger partial charge < -0.3 is 19.4 Å². The number of H-pyrrole nitrogens is 1. The number of methoxy groups -OCH3 is 2. The molecule has 0 aliphatic carbocycles. The maximum atomic E-state index is 13.2. The Hall–Kier alpha value is -3.09. The molecule has 1 unspecified atom stereocenters. The highest BCUT2D eigenvalue weighted by Gasteiger charge is 2.29. The summed E-state index contributed by atoms with van der Waals surface area (Å²) in [4.78, 5) is 27.2. The van der Waals surface area contributed by atoms with E-state index < -0.39 is 0 Å². The lowest BCUT2D eigenvalue weighted by molar-refractivity contribution is 0.0904.